The predicted octanol–water partition coefficient (Wildman–Crippen LogP) is 1.90. The number of anilines is 1. The zero-order valence-electron chi connectivity index (χ0n) is 10.2. The molecule has 0 saturated carbocycles. The van der Waals surface area contributed by atoms with E-state index < -0.39 is 0 Å². The second-order valence-corrected chi connectivity index (χ2v) is 3.75. The molecule has 0 aromatic carbocycles. The van der Waals surface area contributed by atoms with Crippen molar-refractivity contribution in [1.82, 2.24) is 15.1 Å². The van der Waals surface area contributed by atoms with Crippen molar-refractivity contribution in [3.05, 3.63) is 11.9 Å². The number of aromatic nitrogens is 2. The van der Waals surface area contributed by atoms with Crippen molar-refractivity contribution in [2.75, 3.05) is 11.9 Å². The number of unbranched alkanes of at least 4 members (excludes halogenated alkanes) is 1. The minimum absolute atomic E-state index is 0.156. The van der Waals surface area contributed by atoms with Gasteiger partial charge in [-0.2, -0.15) is 5.10 Å². The first-order valence-corrected chi connectivity index (χ1v) is 5.74. The Morgan fingerprint density at radius 3 is 2.88 bits per heavy atom. The van der Waals surface area contributed by atoms with E-state index in [0.717, 1.165) is 30.6 Å². The fraction of sp³-hybridized carbons (Fsp3) is 0.636. The van der Waals surface area contributed by atoms with Gasteiger partial charge in [0.15, 0.2) is 0 Å². The van der Waals surface area contributed by atoms with E-state index in [1.807, 2.05) is 20.2 Å². The first kappa shape index (κ1) is 12.5. The molecule has 2 N–H and O–H groups in total. The Bertz CT molecular complexity index is 346. The fourth-order valence-corrected chi connectivity index (χ4v) is 1.45. The van der Waals surface area contributed by atoms with Crippen molar-refractivity contribution in [1.29, 1.82) is 0 Å². The van der Waals surface area contributed by atoms with Gasteiger partial charge in [-0.25, -0.2) is 4.79 Å². The van der Waals surface area contributed by atoms with Crippen LogP contribution in [0.4, 0.5) is 10.5 Å². The number of hydrogen-bond donors (Lipinski definition) is 2. The van der Waals surface area contributed by atoms with Crippen molar-refractivity contribution >= 4 is 11.7 Å². The first-order chi connectivity index (χ1) is 7.67. The van der Waals surface area contributed by atoms with Crippen LogP contribution in [-0.2, 0) is 13.5 Å². The Morgan fingerprint density at radius 1 is 1.50 bits per heavy atom. The number of rotatable bonds is 5. The molecule has 0 aliphatic heterocycles. The third-order valence-corrected chi connectivity index (χ3v) is 2.30. The van der Waals surface area contributed by atoms with Crippen LogP contribution in [0, 0.1) is 0 Å². The minimum Gasteiger partial charge on any atom is -0.338 e. The second kappa shape index (κ2) is 6.15. The van der Waals surface area contributed by atoms with Crippen molar-refractivity contribution < 1.29 is 4.79 Å². The summed E-state index contributed by atoms with van der Waals surface area (Å²) in [6.45, 7) is 4.82. The van der Waals surface area contributed by atoms with E-state index in [9.17, 15) is 4.79 Å². The molecule has 1 aromatic heterocycles. The SMILES string of the molecule is CCCCNC(=O)Nc1cn(C)nc1CC. The molecular formula is C11H20N4O. The van der Waals surface area contributed by atoms with E-state index in [0.29, 0.717) is 6.54 Å². The Kier molecular flexibility index (Phi) is 4.82. The zero-order valence-corrected chi connectivity index (χ0v) is 10.2. The third-order valence-electron chi connectivity index (χ3n) is 2.30. The summed E-state index contributed by atoms with van der Waals surface area (Å²) < 4.78 is 1.71. The standard InChI is InChI=1S/C11H20N4O/c1-4-6-7-12-11(16)13-10-8-15(3)14-9(10)5-2/h8H,4-7H2,1-3H3,(H2,12,13,16). The molecule has 5 heteroatoms. The number of nitrogens with one attached hydrogen (secondary N) is 2. The van der Waals surface area contributed by atoms with Crippen LogP contribution >= 0.6 is 0 Å². The van der Waals surface area contributed by atoms with Crippen LogP contribution in [0.3, 0.4) is 0 Å². The van der Waals surface area contributed by atoms with Crippen molar-refractivity contribution in [2.45, 2.75) is 33.1 Å². The lowest BCUT2D eigenvalue weighted by Crippen LogP contribution is -2.29. The number of carbonyl (C=O) groups excluding carboxylic acids is 1. The van der Waals surface area contributed by atoms with Crippen LogP contribution in [0.5, 0.6) is 0 Å². The highest BCUT2D eigenvalue weighted by molar-refractivity contribution is 5.89. The van der Waals surface area contributed by atoms with Gasteiger partial charge in [-0.05, 0) is 12.8 Å². The Morgan fingerprint density at radius 2 is 2.25 bits per heavy atom. The van der Waals surface area contributed by atoms with E-state index >= 15 is 0 Å². The van der Waals surface area contributed by atoms with E-state index in [1.54, 1.807) is 4.68 Å². The van der Waals surface area contributed by atoms with Crippen molar-refractivity contribution in [3.8, 4) is 0 Å². The Hall–Kier alpha value is -1.52. The smallest absolute Gasteiger partial charge is 0.319 e. The summed E-state index contributed by atoms with van der Waals surface area (Å²) in [5, 5.41) is 9.87. The third kappa shape index (κ3) is 3.56. The zero-order chi connectivity index (χ0) is 12.0. The van der Waals surface area contributed by atoms with E-state index in [2.05, 4.69) is 22.7 Å². The Labute approximate surface area is 96.2 Å². The average molecular weight is 224 g/mol. The molecule has 1 heterocycles. The van der Waals surface area contributed by atoms with Crippen molar-refractivity contribution in [2.24, 2.45) is 7.05 Å². The molecule has 0 radical (unpaired) electrons. The van der Waals surface area contributed by atoms with Crippen LogP contribution in [0.15, 0.2) is 6.20 Å². The number of urea groups is 1. The topological polar surface area (TPSA) is 59.0 Å². The summed E-state index contributed by atoms with van der Waals surface area (Å²) in [5.74, 6) is 0. The number of hydrogen-bond acceptors (Lipinski definition) is 2. The Balaban J connectivity index is 2.48. The molecule has 0 aliphatic rings. The lowest BCUT2D eigenvalue weighted by molar-refractivity contribution is 0.252. The molecule has 16 heavy (non-hydrogen) atoms. The molecule has 2 amide bonds. The second-order valence-electron chi connectivity index (χ2n) is 3.75. The number of aryl methyl sites for hydroxylation is 2. The number of amides is 2. The maximum atomic E-state index is 11.5. The van der Waals surface area contributed by atoms with Crippen LogP contribution in [0.2, 0.25) is 0 Å². The molecule has 5 nitrogen and oxygen atoms in total. The van der Waals surface area contributed by atoms with E-state index in [1.165, 1.54) is 0 Å². The van der Waals surface area contributed by atoms with Crippen LogP contribution in [0.25, 0.3) is 0 Å². The molecule has 0 aliphatic carbocycles. The summed E-state index contributed by atoms with van der Waals surface area (Å²) >= 11 is 0. The van der Waals surface area contributed by atoms with Gasteiger partial charge in [-0.1, -0.05) is 20.3 Å². The molecule has 0 fully saturated rings. The van der Waals surface area contributed by atoms with Gasteiger partial charge in [0.2, 0.25) is 0 Å². The fourth-order valence-electron chi connectivity index (χ4n) is 1.45. The van der Waals surface area contributed by atoms with Crippen molar-refractivity contribution in [3.63, 3.8) is 0 Å². The molecular weight excluding hydrogens is 204 g/mol. The first-order valence-electron chi connectivity index (χ1n) is 5.74. The number of carbonyl (C=O) groups is 1. The largest absolute Gasteiger partial charge is 0.338 e. The van der Waals surface area contributed by atoms with Gasteiger partial charge in [0, 0.05) is 19.8 Å². The van der Waals surface area contributed by atoms with Gasteiger partial charge in [0.1, 0.15) is 0 Å². The van der Waals surface area contributed by atoms with Gasteiger partial charge in [-0.3, -0.25) is 4.68 Å². The summed E-state index contributed by atoms with van der Waals surface area (Å²) in [4.78, 5) is 11.5. The van der Waals surface area contributed by atoms with E-state index in [4.69, 9.17) is 0 Å². The molecule has 1 rings (SSSR count). The molecule has 0 saturated heterocycles. The summed E-state index contributed by atoms with van der Waals surface area (Å²) in [5.41, 5.74) is 1.70. The van der Waals surface area contributed by atoms with Gasteiger partial charge in [0.05, 0.1) is 11.4 Å². The van der Waals surface area contributed by atoms with Gasteiger partial charge in [-0.15, -0.1) is 0 Å². The highest BCUT2D eigenvalue weighted by atomic mass is 16.2. The molecule has 90 valence electrons. The van der Waals surface area contributed by atoms with E-state index in [-0.39, 0.29) is 6.03 Å². The van der Waals surface area contributed by atoms with Crippen LogP contribution in [0.1, 0.15) is 32.4 Å². The summed E-state index contributed by atoms with van der Waals surface area (Å²) in [6, 6.07) is -0.156. The quantitative estimate of drug-likeness (QED) is 0.750. The molecule has 0 bridgehead atoms. The van der Waals surface area contributed by atoms with Gasteiger partial charge >= 0.3 is 6.03 Å². The maximum Gasteiger partial charge on any atom is 0.319 e. The molecule has 0 unspecified atom stereocenters. The predicted molar refractivity (Wildman–Crippen MR) is 64.5 cm³/mol. The van der Waals surface area contributed by atoms with Gasteiger partial charge < -0.3 is 10.6 Å². The molecule has 1 aromatic rings. The van der Waals surface area contributed by atoms with Crippen LogP contribution < -0.4 is 10.6 Å². The lowest BCUT2D eigenvalue weighted by Gasteiger charge is -2.05. The van der Waals surface area contributed by atoms with Gasteiger partial charge in [0.25, 0.3) is 0 Å². The summed E-state index contributed by atoms with van der Waals surface area (Å²) in [7, 11) is 1.85. The highest BCUT2D eigenvalue weighted by Gasteiger charge is 2.08. The highest BCUT2D eigenvalue weighted by Crippen LogP contribution is 2.13. The maximum absolute atomic E-state index is 11.5. The average Bonchev–Trinajstić information content (AvgIpc) is 2.59. The monoisotopic (exact) mass is 224 g/mol. The molecule has 0 atom stereocenters. The lowest BCUT2D eigenvalue weighted by atomic mass is 10.3. The number of nitrogens with zero attached hydrogens (tertiary/aromatic N) is 2. The summed E-state index contributed by atoms with van der Waals surface area (Å²) in [6.07, 6.45) is 4.71. The van der Waals surface area contributed by atoms with Crippen LogP contribution in [-0.4, -0.2) is 22.4 Å². The minimum atomic E-state index is -0.156. The normalized spacial score (nSPS) is 10.2. The molecule has 0 spiro atoms.